The lowest BCUT2D eigenvalue weighted by Gasteiger charge is -2.10. The van der Waals surface area contributed by atoms with Crippen LogP contribution in [0.1, 0.15) is 5.56 Å². The zero-order valence-electron chi connectivity index (χ0n) is 15.0. The van der Waals surface area contributed by atoms with Crippen molar-refractivity contribution in [3.63, 3.8) is 0 Å². The van der Waals surface area contributed by atoms with Gasteiger partial charge in [-0.1, -0.05) is 6.07 Å². The first-order valence-corrected chi connectivity index (χ1v) is 8.34. The van der Waals surface area contributed by atoms with E-state index in [9.17, 15) is 9.59 Å². The average molecular weight is 368 g/mol. The number of hydrogen-bond acceptors (Lipinski definition) is 5. The summed E-state index contributed by atoms with van der Waals surface area (Å²) in [7, 11) is 3.13. The van der Waals surface area contributed by atoms with Gasteiger partial charge in [-0.05, 0) is 42.3 Å². The molecule has 2 aromatic carbocycles. The first-order valence-electron chi connectivity index (χ1n) is 8.34. The van der Waals surface area contributed by atoms with E-state index in [1.54, 1.807) is 44.8 Å². The summed E-state index contributed by atoms with van der Waals surface area (Å²) in [5.74, 6) is -0.159. The van der Waals surface area contributed by atoms with Crippen molar-refractivity contribution in [1.82, 2.24) is 15.3 Å². The summed E-state index contributed by atoms with van der Waals surface area (Å²) < 4.78 is 10.4. The molecule has 1 heterocycles. The number of nitrogens with one attached hydrogen (secondary N) is 3. The van der Waals surface area contributed by atoms with Crippen LogP contribution in [-0.2, 0) is 16.0 Å². The van der Waals surface area contributed by atoms with Crippen molar-refractivity contribution in [3.05, 3.63) is 48.3 Å². The molecule has 0 saturated heterocycles. The largest absolute Gasteiger partial charge is 0.493 e. The zero-order valence-corrected chi connectivity index (χ0v) is 15.0. The zero-order chi connectivity index (χ0) is 19.2. The Kier molecular flexibility index (Phi) is 5.55. The number of H-pyrrole nitrogens is 1. The lowest BCUT2D eigenvalue weighted by atomic mass is 10.1. The molecule has 27 heavy (non-hydrogen) atoms. The van der Waals surface area contributed by atoms with Crippen molar-refractivity contribution in [2.75, 3.05) is 26.1 Å². The number of methoxy groups -OCH3 is 2. The van der Waals surface area contributed by atoms with Crippen LogP contribution in [0, 0.1) is 0 Å². The van der Waals surface area contributed by atoms with E-state index in [-0.39, 0.29) is 0 Å². The average Bonchev–Trinajstić information content (AvgIpc) is 3.15. The number of benzene rings is 2. The Morgan fingerprint density at radius 3 is 2.63 bits per heavy atom. The number of anilines is 1. The Morgan fingerprint density at radius 1 is 1.04 bits per heavy atom. The van der Waals surface area contributed by atoms with Crippen LogP contribution in [0.25, 0.3) is 11.0 Å². The molecule has 2 amide bonds. The molecule has 0 spiro atoms. The third-order valence-electron chi connectivity index (χ3n) is 4.03. The van der Waals surface area contributed by atoms with Gasteiger partial charge in [0.25, 0.3) is 0 Å². The van der Waals surface area contributed by atoms with Crippen LogP contribution in [0.5, 0.6) is 11.5 Å². The predicted molar refractivity (Wildman–Crippen MR) is 101 cm³/mol. The number of ether oxygens (including phenoxy) is 2. The molecule has 0 aliphatic rings. The molecule has 3 aromatic rings. The van der Waals surface area contributed by atoms with Gasteiger partial charge in [-0.15, -0.1) is 0 Å². The van der Waals surface area contributed by atoms with Crippen molar-refractivity contribution in [2.24, 2.45) is 0 Å². The number of amides is 2. The maximum absolute atomic E-state index is 12.0. The lowest BCUT2D eigenvalue weighted by Crippen LogP contribution is -2.36. The predicted octanol–water partition coefficient (Wildman–Crippen LogP) is 1.88. The fraction of sp³-hybridized carbons (Fsp3) is 0.211. The fourth-order valence-electron chi connectivity index (χ4n) is 2.64. The molecule has 8 nitrogen and oxygen atoms in total. The molecule has 0 aliphatic carbocycles. The molecule has 0 unspecified atom stereocenters. The molecule has 0 saturated carbocycles. The van der Waals surface area contributed by atoms with Gasteiger partial charge in [0, 0.05) is 12.2 Å². The number of hydrogen-bond donors (Lipinski definition) is 3. The second-order valence-corrected chi connectivity index (χ2v) is 5.78. The molecule has 3 rings (SSSR count). The first-order chi connectivity index (χ1) is 13.1. The minimum absolute atomic E-state index is 0.321. The summed E-state index contributed by atoms with van der Waals surface area (Å²) in [5, 5.41) is 5.18. The van der Waals surface area contributed by atoms with E-state index >= 15 is 0 Å². The van der Waals surface area contributed by atoms with Gasteiger partial charge < -0.3 is 25.1 Å². The molecule has 0 aliphatic heterocycles. The van der Waals surface area contributed by atoms with E-state index in [1.807, 2.05) is 12.1 Å². The quantitative estimate of drug-likeness (QED) is 0.576. The summed E-state index contributed by atoms with van der Waals surface area (Å²) in [6.45, 7) is 0.321. The van der Waals surface area contributed by atoms with Crippen LogP contribution in [0.4, 0.5) is 5.69 Å². The maximum Gasteiger partial charge on any atom is 0.313 e. The van der Waals surface area contributed by atoms with E-state index in [0.717, 1.165) is 16.6 Å². The van der Waals surface area contributed by atoms with Gasteiger partial charge in [-0.25, -0.2) is 4.98 Å². The van der Waals surface area contributed by atoms with Gasteiger partial charge in [0.1, 0.15) is 0 Å². The SMILES string of the molecule is COc1ccc(CCNC(=O)C(=O)Nc2ccc3nc[nH]c3c2)cc1OC. The number of carbonyl (C=O) groups excluding carboxylic acids is 2. The molecule has 1 aromatic heterocycles. The highest BCUT2D eigenvalue weighted by atomic mass is 16.5. The van der Waals surface area contributed by atoms with E-state index < -0.39 is 11.8 Å². The fourth-order valence-corrected chi connectivity index (χ4v) is 2.64. The number of nitrogens with zero attached hydrogens (tertiary/aromatic N) is 1. The van der Waals surface area contributed by atoms with Crippen LogP contribution in [0.15, 0.2) is 42.7 Å². The Morgan fingerprint density at radius 2 is 1.85 bits per heavy atom. The Hall–Kier alpha value is -3.55. The van der Waals surface area contributed by atoms with Crippen molar-refractivity contribution < 1.29 is 19.1 Å². The number of aromatic nitrogens is 2. The molecule has 0 fully saturated rings. The number of carbonyl (C=O) groups is 2. The van der Waals surface area contributed by atoms with Crippen LogP contribution < -0.4 is 20.1 Å². The van der Waals surface area contributed by atoms with Crippen molar-refractivity contribution in [1.29, 1.82) is 0 Å². The number of fused-ring (bicyclic) bond motifs is 1. The van der Waals surface area contributed by atoms with Gasteiger partial charge in [-0.2, -0.15) is 0 Å². The smallest absolute Gasteiger partial charge is 0.313 e. The van der Waals surface area contributed by atoms with Crippen LogP contribution in [0.2, 0.25) is 0 Å². The summed E-state index contributed by atoms with van der Waals surface area (Å²) in [6, 6.07) is 10.7. The standard InChI is InChI=1S/C19H20N4O4/c1-26-16-6-3-12(9-17(16)27-2)7-8-20-18(24)19(25)23-13-4-5-14-15(10-13)22-11-21-14/h3-6,9-11H,7-8H2,1-2H3,(H,20,24)(H,21,22)(H,23,25). The second-order valence-electron chi connectivity index (χ2n) is 5.78. The van der Waals surface area contributed by atoms with Gasteiger partial charge in [0.05, 0.1) is 31.6 Å². The van der Waals surface area contributed by atoms with Crippen molar-refractivity contribution in [2.45, 2.75) is 6.42 Å². The summed E-state index contributed by atoms with van der Waals surface area (Å²) in [4.78, 5) is 31.1. The van der Waals surface area contributed by atoms with Crippen LogP contribution in [0.3, 0.4) is 0 Å². The van der Waals surface area contributed by atoms with Crippen molar-refractivity contribution in [3.8, 4) is 11.5 Å². The van der Waals surface area contributed by atoms with Crippen LogP contribution >= 0.6 is 0 Å². The summed E-state index contributed by atoms with van der Waals surface area (Å²) >= 11 is 0. The Bertz CT molecular complexity index is 967. The topological polar surface area (TPSA) is 105 Å². The highest BCUT2D eigenvalue weighted by Crippen LogP contribution is 2.27. The third kappa shape index (κ3) is 4.35. The Balaban J connectivity index is 1.52. The highest BCUT2D eigenvalue weighted by molar-refractivity contribution is 6.39. The molecule has 8 heteroatoms. The molecular weight excluding hydrogens is 348 g/mol. The van der Waals surface area contributed by atoms with E-state index in [1.165, 1.54) is 0 Å². The molecule has 140 valence electrons. The van der Waals surface area contributed by atoms with Crippen LogP contribution in [-0.4, -0.2) is 42.5 Å². The molecule has 3 N–H and O–H groups in total. The van der Waals surface area contributed by atoms with Gasteiger partial charge in [-0.3, -0.25) is 9.59 Å². The monoisotopic (exact) mass is 368 g/mol. The maximum atomic E-state index is 12.0. The minimum atomic E-state index is -0.721. The lowest BCUT2D eigenvalue weighted by molar-refractivity contribution is -0.136. The normalized spacial score (nSPS) is 10.4. The highest BCUT2D eigenvalue weighted by Gasteiger charge is 2.14. The van der Waals surface area contributed by atoms with Gasteiger partial charge >= 0.3 is 11.8 Å². The number of aromatic amines is 1. The third-order valence-corrected chi connectivity index (χ3v) is 4.03. The molecule has 0 bridgehead atoms. The number of rotatable bonds is 6. The minimum Gasteiger partial charge on any atom is -0.493 e. The van der Waals surface area contributed by atoms with Gasteiger partial charge in [0.15, 0.2) is 11.5 Å². The van der Waals surface area contributed by atoms with E-state index in [0.29, 0.717) is 30.2 Å². The summed E-state index contributed by atoms with van der Waals surface area (Å²) in [5.41, 5.74) is 3.04. The first kappa shape index (κ1) is 18.2. The molecule has 0 radical (unpaired) electrons. The molecular formula is C19H20N4O4. The van der Waals surface area contributed by atoms with E-state index in [2.05, 4.69) is 20.6 Å². The van der Waals surface area contributed by atoms with E-state index in [4.69, 9.17) is 9.47 Å². The second kappa shape index (κ2) is 8.22. The number of imidazole rings is 1. The molecule has 0 atom stereocenters. The Labute approximate surface area is 155 Å². The summed E-state index contributed by atoms with van der Waals surface area (Å²) in [6.07, 6.45) is 2.12. The van der Waals surface area contributed by atoms with Gasteiger partial charge in [0.2, 0.25) is 0 Å². The van der Waals surface area contributed by atoms with Crippen molar-refractivity contribution >= 4 is 28.5 Å².